The number of morpholine rings is 1. The van der Waals surface area contributed by atoms with Gasteiger partial charge in [0.15, 0.2) is 5.75 Å². The Labute approximate surface area is 170 Å². The van der Waals surface area contributed by atoms with Crippen LogP contribution in [-0.2, 0) is 14.8 Å². The van der Waals surface area contributed by atoms with Crippen LogP contribution in [0.5, 0.6) is 11.5 Å². The number of carbonyl (C=O) groups excluding carboxylic acids is 1. The average Bonchev–Trinajstić information content (AvgIpc) is 2.88. The number of carbonyl (C=O) groups is 1. The molecule has 0 aromatic heterocycles. The van der Waals surface area contributed by atoms with Gasteiger partial charge in [0.25, 0.3) is 5.91 Å². The Hall–Kier alpha value is -2.62. The lowest BCUT2D eigenvalue weighted by molar-refractivity contribution is 0.102. The summed E-state index contributed by atoms with van der Waals surface area (Å²) in [4.78, 5) is 14.9. The van der Waals surface area contributed by atoms with E-state index in [1.165, 1.54) is 17.4 Å². The fraction of sp³-hybridized carbons (Fsp3) is 0.350. The minimum absolute atomic E-state index is 0.0900. The third-order valence-corrected chi connectivity index (χ3v) is 7.11. The predicted octanol–water partition coefficient (Wildman–Crippen LogP) is 2.52. The van der Waals surface area contributed by atoms with E-state index in [1.54, 1.807) is 31.2 Å². The Morgan fingerprint density at radius 3 is 2.59 bits per heavy atom. The number of hydrogen-bond donors (Lipinski definition) is 1. The van der Waals surface area contributed by atoms with Crippen LogP contribution in [0.25, 0.3) is 0 Å². The zero-order valence-corrected chi connectivity index (χ0v) is 17.2. The molecule has 9 heteroatoms. The minimum Gasteiger partial charge on any atom is -0.454 e. The van der Waals surface area contributed by atoms with Crippen molar-refractivity contribution in [2.75, 3.05) is 50.1 Å². The molecule has 4 rings (SSSR count). The lowest BCUT2D eigenvalue weighted by Crippen LogP contribution is -2.38. The molecule has 0 unspecified atom stereocenters. The van der Waals surface area contributed by atoms with E-state index in [9.17, 15) is 13.2 Å². The van der Waals surface area contributed by atoms with Crippen LogP contribution in [0.15, 0.2) is 41.3 Å². The molecule has 0 radical (unpaired) electrons. The molecule has 29 heavy (non-hydrogen) atoms. The molecule has 2 aromatic rings. The minimum atomic E-state index is -3.79. The van der Waals surface area contributed by atoms with Crippen molar-refractivity contribution in [3.63, 3.8) is 0 Å². The highest BCUT2D eigenvalue weighted by Crippen LogP contribution is 2.40. The topological polar surface area (TPSA) is 88.2 Å². The summed E-state index contributed by atoms with van der Waals surface area (Å²) in [5, 5.41) is 2.79. The number of anilines is 2. The van der Waals surface area contributed by atoms with Crippen molar-refractivity contribution in [2.24, 2.45) is 0 Å². The maximum Gasteiger partial charge on any atom is 0.259 e. The van der Waals surface area contributed by atoms with Gasteiger partial charge < -0.3 is 19.7 Å². The van der Waals surface area contributed by atoms with E-state index in [1.807, 2.05) is 11.0 Å². The molecule has 0 spiro atoms. The van der Waals surface area contributed by atoms with Crippen molar-refractivity contribution >= 4 is 27.3 Å². The van der Waals surface area contributed by atoms with E-state index < -0.39 is 15.9 Å². The molecule has 2 aliphatic rings. The molecule has 1 fully saturated rings. The van der Waals surface area contributed by atoms with Crippen molar-refractivity contribution in [1.29, 1.82) is 0 Å². The first kappa shape index (κ1) is 19.7. The van der Waals surface area contributed by atoms with E-state index in [4.69, 9.17) is 9.47 Å². The number of benzene rings is 2. The molecule has 8 nitrogen and oxygen atoms in total. The Morgan fingerprint density at radius 2 is 1.86 bits per heavy atom. The van der Waals surface area contributed by atoms with Gasteiger partial charge in [-0.1, -0.05) is 19.1 Å². The quantitative estimate of drug-likeness (QED) is 0.823. The molecule has 2 aliphatic heterocycles. The van der Waals surface area contributed by atoms with Gasteiger partial charge in [-0.3, -0.25) is 4.79 Å². The maximum atomic E-state index is 13.2. The zero-order chi connectivity index (χ0) is 20.6. The molecule has 1 N–H and O–H groups in total. The fourth-order valence-electron chi connectivity index (χ4n) is 3.37. The van der Waals surface area contributed by atoms with Crippen molar-refractivity contribution in [1.82, 2.24) is 4.31 Å². The van der Waals surface area contributed by atoms with Gasteiger partial charge in [-0.05, 0) is 18.2 Å². The van der Waals surface area contributed by atoms with Crippen LogP contribution in [0.4, 0.5) is 11.4 Å². The third-order valence-electron chi connectivity index (χ3n) is 5.15. The summed E-state index contributed by atoms with van der Waals surface area (Å²) in [5.74, 6) is 0.426. The fourth-order valence-corrected chi connectivity index (χ4v) is 4.77. The SMILES string of the molecule is CCN(C)S(=O)(=O)c1cc2c(cc1N1CCOCC1)Oc1ccccc1NC2=O. The lowest BCUT2D eigenvalue weighted by atomic mass is 10.1. The van der Waals surface area contributed by atoms with Crippen molar-refractivity contribution in [3.05, 3.63) is 42.0 Å². The average molecular weight is 417 g/mol. The number of sulfonamides is 1. The number of hydrogen-bond acceptors (Lipinski definition) is 6. The molecule has 0 aliphatic carbocycles. The second-order valence-corrected chi connectivity index (χ2v) is 8.90. The van der Waals surface area contributed by atoms with Crippen molar-refractivity contribution in [2.45, 2.75) is 11.8 Å². The van der Waals surface area contributed by atoms with Gasteiger partial charge in [0.2, 0.25) is 10.0 Å². The Kier molecular flexibility index (Phi) is 5.20. The van der Waals surface area contributed by atoms with Crippen LogP contribution in [0.3, 0.4) is 0 Å². The standard InChI is InChI=1S/C20H23N3O5S/c1-3-22(2)29(25,26)19-12-14-18(13-16(19)23-8-10-27-11-9-23)28-17-7-5-4-6-15(17)21-20(14)24/h4-7,12-13H,3,8-11H2,1-2H3,(H,21,24). The second-order valence-electron chi connectivity index (χ2n) is 6.89. The number of para-hydroxylation sites is 2. The first-order valence-corrected chi connectivity index (χ1v) is 10.9. The van der Waals surface area contributed by atoms with Gasteiger partial charge in [-0.25, -0.2) is 12.7 Å². The van der Waals surface area contributed by atoms with Crippen molar-refractivity contribution in [3.8, 4) is 11.5 Å². The van der Waals surface area contributed by atoms with Crippen LogP contribution in [0, 0.1) is 0 Å². The van der Waals surface area contributed by atoms with E-state index >= 15 is 0 Å². The first-order chi connectivity index (χ1) is 13.9. The van der Waals surface area contributed by atoms with Gasteiger partial charge in [0.1, 0.15) is 10.6 Å². The normalized spacial score (nSPS) is 16.5. The van der Waals surface area contributed by atoms with Crippen LogP contribution >= 0.6 is 0 Å². The molecular formula is C20H23N3O5S. The van der Waals surface area contributed by atoms with E-state index in [0.717, 1.165) is 0 Å². The van der Waals surface area contributed by atoms with Gasteiger partial charge in [0, 0.05) is 32.7 Å². The maximum absolute atomic E-state index is 13.2. The third kappa shape index (κ3) is 3.57. The molecule has 0 atom stereocenters. The Balaban J connectivity index is 1.90. The summed E-state index contributed by atoms with van der Waals surface area (Å²) in [6.07, 6.45) is 0. The highest BCUT2D eigenvalue weighted by atomic mass is 32.2. The highest BCUT2D eigenvalue weighted by molar-refractivity contribution is 7.89. The summed E-state index contributed by atoms with van der Waals surface area (Å²) in [7, 11) is -2.27. The van der Waals surface area contributed by atoms with Crippen LogP contribution < -0.4 is 15.0 Å². The monoisotopic (exact) mass is 417 g/mol. The summed E-state index contributed by atoms with van der Waals surface area (Å²) in [5.41, 5.74) is 1.23. The van der Waals surface area contributed by atoms with E-state index in [-0.39, 0.29) is 10.5 Å². The zero-order valence-electron chi connectivity index (χ0n) is 16.3. The Bertz CT molecular complexity index is 1050. The highest BCUT2D eigenvalue weighted by Gasteiger charge is 2.31. The summed E-state index contributed by atoms with van der Waals surface area (Å²) >= 11 is 0. The summed E-state index contributed by atoms with van der Waals surface area (Å²) in [6.45, 7) is 4.20. The molecule has 154 valence electrons. The first-order valence-electron chi connectivity index (χ1n) is 9.47. The second kappa shape index (κ2) is 7.66. The molecule has 0 saturated carbocycles. The van der Waals surface area contributed by atoms with Gasteiger partial charge in [-0.15, -0.1) is 0 Å². The van der Waals surface area contributed by atoms with Gasteiger partial charge in [-0.2, -0.15) is 0 Å². The number of rotatable bonds is 4. The molecule has 2 heterocycles. The van der Waals surface area contributed by atoms with Crippen molar-refractivity contribution < 1.29 is 22.7 Å². The predicted molar refractivity (Wildman–Crippen MR) is 109 cm³/mol. The van der Waals surface area contributed by atoms with Gasteiger partial charge in [0.05, 0.1) is 30.2 Å². The number of nitrogens with zero attached hydrogens (tertiary/aromatic N) is 2. The summed E-state index contributed by atoms with van der Waals surface area (Å²) < 4.78 is 39.1. The number of nitrogens with one attached hydrogen (secondary N) is 1. The van der Waals surface area contributed by atoms with Crippen LogP contribution in [0.1, 0.15) is 17.3 Å². The number of fused-ring (bicyclic) bond motifs is 2. The summed E-state index contributed by atoms with van der Waals surface area (Å²) in [6, 6.07) is 10.2. The van der Waals surface area contributed by atoms with Gasteiger partial charge >= 0.3 is 0 Å². The molecule has 0 bridgehead atoms. The largest absolute Gasteiger partial charge is 0.454 e. The van der Waals surface area contributed by atoms with E-state index in [2.05, 4.69) is 5.32 Å². The van der Waals surface area contributed by atoms with Crippen LogP contribution in [0.2, 0.25) is 0 Å². The molecular weight excluding hydrogens is 394 g/mol. The molecule has 1 amide bonds. The van der Waals surface area contributed by atoms with Crippen LogP contribution in [-0.4, -0.2) is 58.5 Å². The number of amides is 1. The number of ether oxygens (including phenoxy) is 2. The molecule has 2 aromatic carbocycles. The van der Waals surface area contributed by atoms with E-state index in [0.29, 0.717) is 55.7 Å². The Morgan fingerprint density at radius 1 is 1.14 bits per heavy atom. The molecule has 1 saturated heterocycles. The smallest absolute Gasteiger partial charge is 0.259 e. The lowest BCUT2D eigenvalue weighted by Gasteiger charge is -2.31.